The van der Waals surface area contributed by atoms with Crippen molar-refractivity contribution >= 4 is 17.2 Å². The number of nitriles is 1. The van der Waals surface area contributed by atoms with Crippen molar-refractivity contribution in [3.8, 4) is 6.07 Å². The molecule has 0 unspecified atom stereocenters. The number of nitrogens with zero attached hydrogens (tertiary/aromatic N) is 1. The Kier molecular flexibility index (Phi) is 3.77. The third-order valence-electron chi connectivity index (χ3n) is 2.85. The van der Waals surface area contributed by atoms with E-state index < -0.39 is 5.54 Å². The van der Waals surface area contributed by atoms with E-state index in [0.29, 0.717) is 32.5 Å². The van der Waals surface area contributed by atoms with Gasteiger partial charge in [-0.1, -0.05) is 6.07 Å². The van der Waals surface area contributed by atoms with Gasteiger partial charge in [0.05, 0.1) is 12.5 Å². The maximum atomic E-state index is 11.8. The van der Waals surface area contributed by atoms with E-state index in [1.54, 1.807) is 11.3 Å². The van der Waals surface area contributed by atoms with Gasteiger partial charge in [0.25, 0.3) is 0 Å². The monoisotopic (exact) mass is 250 g/mol. The summed E-state index contributed by atoms with van der Waals surface area (Å²) < 4.78 is 5.21. The molecule has 0 saturated carbocycles. The van der Waals surface area contributed by atoms with Gasteiger partial charge < -0.3 is 10.1 Å². The molecule has 5 heteroatoms. The molecule has 1 aliphatic rings. The zero-order valence-electron chi connectivity index (χ0n) is 9.44. The summed E-state index contributed by atoms with van der Waals surface area (Å²) in [5, 5.41) is 14.0. The maximum absolute atomic E-state index is 11.8. The SMILES string of the molecule is N#CC1(NC(=O)Cc2cccs2)CCOCC1. The molecule has 1 aliphatic heterocycles. The van der Waals surface area contributed by atoms with Crippen molar-refractivity contribution in [2.24, 2.45) is 0 Å². The standard InChI is InChI=1S/C12H14N2O2S/c13-9-12(3-5-16-6-4-12)14-11(15)8-10-2-1-7-17-10/h1-2,7H,3-6,8H2,(H,14,15). The predicted octanol–water partition coefficient (Wildman–Crippen LogP) is 1.48. The fraction of sp³-hybridized carbons (Fsp3) is 0.500. The van der Waals surface area contributed by atoms with Crippen LogP contribution in [0.25, 0.3) is 0 Å². The summed E-state index contributed by atoms with van der Waals surface area (Å²) in [6.45, 7) is 1.07. The van der Waals surface area contributed by atoms with E-state index in [1.165, 1.54) is 0 Å². The number of ether oxygens (including phenoxy) is 1. The number of rotatable bonds is 3. The van der Waals surface area contributed by atoms with Crippen LogP contribution in [0.5, 0.6) is 0 Å². The summed E-state index contributed by atoms with van der Waals surface area (Å²) in [4.78, 5) is 12.9. The van der Waals surface area contributed by atoms with Gasteiger partial charge in [-0.15, -0.1) is 11.3 Å². The molecule has 1 fully saturated rings. The van der Waals surface area contributed by atoms with Crippen molar-refractivity contribution in [2.45, 2.75) is 24.8 Å². The van der Waals surface area contributed by atoms with Crippen LogP contribution in [0.4, 0.5) is 0 Å². The van der Waals surface area contributed by atoms with Crippen LogP contribution in [0, 0.1) is 11.3 Å². The van der Waals surface area contributed by atoms with Gasteiger partial charge >= 0.3 is 0 Å². The average molecular weight is 250 g/mol. The lowest BCUT2D eigenvalue weighted by molar-refractivity contribution is -0.122. The van der Waals surface area contributed by atoms with Crippen LogP contribution in [0.15, 0.2) is 17.5 Å². The molecule has 4 nitrogen and oxygen atoms in total. The molecule has 0 aliphatic carbocycles. The van der Waals surface area contributed by atoms with Crippen LogP contribution < -0.4 is 5.32 Å². The van der Waals surface area contributed by atoms with Gasteiger partial charge in [0, 0.05) is 30.9 Å². The number of hydrogen-bond donors (Lipinski definition) is 1. The first-order valence-corrected chi connectivity index (χ1v) is 6.44. The van der Waals surface area contributed by atoms with E-state index in [1.807, 2.05) is 17.5 Å². The van der Waals surface area contributed by atoms with Gasteiger partial charge in [-0.3, -0.25) is 4.79 Å². The molecule has 1 aromatic heterocycles. The zero-order chi connectivity index (χ0) is 12.1. The van der Waals surface area contributed by atoms with E-state index in [4.69, 9.17) is 4.74 Å². The van der Waals surface area contributed by atoms with Crippen molar-refractivity contribution < 1.29 is 9.53 Å². The fourth-order valence-corrected chi connectivity index (χ4v) is 2.57. The summed E-state index contributed by atoms with van der Waals surface area (Å²) in [5.41, 5.74) is -0.730. The van der Waals surface area contributed by atoms with Crippen molar-refractivity contribution in [3.63, 3.8) is 0 Å². The minimum Gasteiger partial charge on any atom is -0.381 e. The smallest absolute Gasteiger partial charge is 0.226 e. The van der Waals surface area contributed by atoms with Crippen LogP contribution in [-0.4, -0.2) is 24.7 Å². The Bertz CT molecular complexity index is 416. The van der Waals surface area contributed by atoms with E-state index in [9.17, 15) is 10.1 Å². The number of nitrogens with one attached hydrogen (secondary N) is 1. The first-order valence-electron chi connectivity index (χ1n) is 5.56. The van der Waals surface area contributed by atoms with Gasteiger partial charge in [0.2, 0.25) is 5.91 Å². The highest BCUT2D eigenvalue weighted by Gasteiger charge is 2.34. The lowest BCUT2D eigenvalue weighted by Gasteiger charge is -2.31. The highest BCUT2D eigenvalue weighted by Crippen LogP contribution is 2.20. The molecule has 1 amide bonds. The molecule has 0 atom stereocenters. The summed E-state index contributed by atoms with van der Waals surface area (Å²) in [5.74, 6) is -0.0871. The quantitative estimate of drug-likeness (QED) is 0.883. The Morgan fingerprint density at radius 1 is 1.59 bits per heavy atom. The minimum absolute atomic E-state index is 0.0871. The molecular formula is C12H14N2O2S. The number of hydrogen-bond acceptors (Lipinski definition) is 4. The Labute approximate surface area is 104 Å². The van der Waals surface area contributed by atoms with Crippen molar-refractivity contribution in [2.75, 3.05) is 13.2 Å². The summed E-state index contributed by atoms with van der Waals surface area (Å²) in [6, 6.07) is 6.06. The van der Waals surface area contributed by atoms with Gasteiger partial charge in [0.15, 0.2) is 0 Å². The van der Waals surface area contributed by atoms with E-state index >= 15 is 0 Å². The second-order valence-corrected chi connectivity index (χ2v) is 5.14. The number of thiophene rings is 1. The second kappa shape index (κ2) is 5.30. The third-order valence-corrected chi connectivity index (χ3v) is 3.73. The van der Waals surface area contributed by atoms with E-state index in [-0.39, 0.29) is 5.91 Å². The largest absolute Gasteiger partial charge is 0.381 e. The van der Waals surface area contributed by atoms with Crippen LogP contribution in [0.2, 0.25) is 0 Å². The second-order valence-electron chi connectivity index (χ2n) is 4.11. The first kappa shape index (κ1) is 12.1. The van der Waals surface area contributed by atoms with Gasteiger partial charge in [-0.25, -0.2) is 0 Å². The first-order chi connectivity index (χ1) is 8.24. The molecule has 1 saturated heterocycles. The summed E-state index contributed by atoms with van der Waals surface area (Å²) in [7, 11) is 0. The van der Waals surface area contributed by atoms with Crippen molar-refractivity contribution in [3.05, 3.63) is 22.4 Å². The van der Waals surface area contributed by atoms with Crippen LogP contribution in [0.1, 0.15) is 17.7 Å². The highest BCUT2D eigenvalue weighted by molar-refractivity contribution is 7.10. The lowest BCUT2D eigenvalue weighted by Crippen LogP contribution is -2.51. The number of carbonyl (C=O) groups excluding carboxylic acids is 1. The Balaban J connectivity index is 1.94. The molecule has 1 aromatic rings. The molecule has 17 heavy (non-hydrogen) atoms. The lowest BCUT2D eigenvalue weighted by atomic mass is 9.91. The van der Waals surface area contributed by atoms with Crippen LogP contribution >= 0.6 is 11.3 Å². The van der Waals surface area contributed by atoms with Gasteiger partial charge in [-0.2, -0.15) is 5.26 Å². The van der Waals surface area contributed by atoms with E-state index in [2.05, 4.69) is 11.4 Å². The molecule has 0 radical (unpaired) electrons. The Hall–Kier alpha value is -1.38. The molecule has 2 rings (SSSR count). The Morgan fingerprint density at radius 3 is 2.94 bits per heavy atom. The fourth-order valence-electron chi connectivity index (χ4n) is 1.87. The molecular weight excluding hydrogens is 236 g/mol. The summed E-state index contributed by atoms with van der Waals surface area (Å²) >= 11 is 1.55. The van der Waals surface area contributed by atoms with Crippen LogP contribution in [-0.2, 0) is 16.0 Å². The summed E-state index contributed by atoms with van der Waals surface area (Å²) in [6.07, 6.45) is 1.49. The van der Waals surface area contributed by atoms with Crippen molar-refractivity contribution in [1.29, 1.82) is 5.26 Å². The maximum Gasteiger partial charge on any atom is 0.226 e. The average Bonchev–Trinajstić information content (AvgIpc) is 2.83. The predicted molar refractivity (Wildman–Crippen MR) is 64.6 cm³/mol. The molecule has 90 valence electrons. The van der Waals surface area contributed by atoms with E-state index in [0.717, 1.165) is 4.88 Å². The molecule has 1 N–H and O–H groups in total. The van der Waals surface area contributed by atoms with Crippen molar-refractivity contribution in [1.82, 2.24) is 5.32 Å². The molecule has 0 aromatic carbocycles. The number of carbonyl (C=O) groups is 1. The minimum atomic E-state index is -0.730. The zero-order valence-corrected chi connectivity index (χ0v) is 10.3. The Morgan fingerprint density at radius 2 is 2.35 bits per heavy atom. The normalized spacial score (nSPS) is 18.3. The highest BCUT2D eigenvalue weighted by atomic mass is 32.1. The van der Waals surface area contributed by atoms with Gasteiger partial charge in [-0.05, 0) is 11.4 Å². The molecule has 0 bridgehead atoms. The topological polar surface area (TPSA) is 62.1 Å². The molecule has 0 spiro atoms. The number of amides is 1. The van der Waals surface area contributed by atoms with Gasteiger partial charge in [0.1, 0.15) is 5.54 Å². The van der Waals surface area contributed by atoms with Crippen LogP contribution in [0.3, 0.4) is 0 Å². The third kappa shape index (κ3) is 3.05. The molecule has 2 heterocycles.